The topological polar surface area (TPSA) is 115 Å². The second-order valence-electron chi connectivity index (χ2n) is 8.96. The van der Waals surface area contributed by atoms with Crippen LogP contribution in [0.5, 0.6) is 5.88 Å². The van der Waals surface area contributed by atoms with Crippen LogP contribution in [-0.2, 0) is 0 Å². The number of nitrogens with zero attached hydrogens (tertiary/aromatic N) is 3. The number of aliphatic hydroxyl groups excluding tert-OH is 2. The van der Waals surface area contributed by atoms with Crippen molar-refractivity contribution in [2.75, 3.05) is 32.1 Å². The number of carbonyl (C=O) groups excluding carboxylic acids is 2. The largest absolute Gasteiger partial charge is 0.472 e. The summed E-state index contributed by atoms with van der Waals surface area (Å²) in [6.45, 7) is 5.40. The van der Waals surface area contributed by atoms with Crippen LogP contribution in [0, 0.1) is 23.6 Å². The number of likely N-dealkylation sites (N-methyl/N-ethyl adjacent to an activating group) is 1. The molecule has 0 saturated carbocycles. The van der Waals surface area contributed by atoms with Crippen LogP contribution in [0.15, 0.2) is 36.5 Å². The highest BCUT2D eigenvalue weighted by molar-refractivity contribution is 5.97. The van der Waals surface area contributed by atoms with Gasteiger partial charge in [0.15, 0.2) is 0 Å². The number of carbonyl (C=O) groups is 2. The second-order valence-corrected chi connectivity index (χ2v) is 8.96. The average molecular weight is 499 g/mol. The quantitative estimate of drug-likeness (QED) is 0.545. The van der Waals surface area contributed by atoms with E-state index in [9.17, 15) is 24.2 Å². The number of aromatic nitrogens is 1. The van der Waals surface area contributed by atoms with E-state index in [4.69, 9.17) is 4.74 Å². The number of urea groups is 1. The van der Waals surface area contributed by atoms with Gasteiger partial charge in [-0.05, 0) is 44.2 Å². The smallest absolute Gasteiger partial charge is 0.321 e. The standard InChI is InChI=1S/C26H31FN4O5/c1-16-13-31(17(2)15-32)25(34)22-11-19(6-5-18(3)33)12-28-24(22)36-23(16)14-30(4)26(35)29-21-9-7-20(27)8-10-21/h7-12,16-18,23,32-33H,13-15H2,1-4H3,(H,29,35)/t16-,17-,18+,23+/m0/s1. The van der Waals surface area contributed by atoms with Crippen molar-refractivity contribution in [3.63, 3.8) is 0 Å². The maximum atomic E-state index is 13.4. The minimum absolute atomic E-state index is 0.0987. The number of ether oxygens (including phenoxy) is 1. The average Bonchev–Trinajstić information content (AvgIpc) is 2.85. The zero-order valence-electron chi connectivity index (χ0n) is 20.7. The van der Waals surface area contributed by atoms with Crippen molar-refractivity contribution in [1.29, 1.82) is 0 Å². The Morgan fingerprint density at radius 2 is 2.06 bits per heavy atom. The monoisotopic (exact) mass is 498 g/mol. The Labute approximate surface area is 209 Å². The SMILES string of the molecule is C[C@@H](O)C#Cc1cnc2c(c1)C(=O)N([C@@H](C)CO)C[C@H](C)[C@@H](CN(C)C(=O)Nc1ccc(F)cc1)O2. The second kappa shape index (κ2) is 11.8. The number of halogens is 1. The summed E-state index contributed by atoms with van der Waals surface area (Å²) in [4.78, 5) is 33.4. The maximum Gasteiger partial charge on any atom is 0.321 e. The van der Waals surface area contributed by atoms with Crippen LogP contribution in [0.3, 0.4) is 0 Å². The molecule has 192 valence electrons. The first-order valence-corrected chi connectivity index (χ1v) is 11.6. The Kier molecular flexibility index (Phi) is 8.85. The molecule has 1 aromatic heterocycles. The summed E-state index contributed by atoms with van der Waals surface area (Å²) in [7, 11) is 1.61. The molecular weight excluding hydrogens is 467 g/mol. The molecule has 1 aliphatic heterocycles. The molecule has 1 aromatic carbocycles. The van der Waals surface area contributed by atoms with Gasteiger partial charge < -0.3 is 30.1 Å². The van der Waals surface area contributed by atoms with E-state index in [0.717, 1.165) is 0 Å². The molecule has 10 heteroatoms. The van der Waals surface area contributed by atoms with Gasteiger partial charge in [-0.2, -0.15) is 0 Å². The van der Waals surface area contributed by atoms with Gasteiger partial charge in [-0.25, -0.2) is 14.2 Å². The number of nitrogens with one attached hydrogen (secondary N) is 1. The van der Waals surface area contributed by atoms with Gasteiger partial charge in [-0.3, -0.25) is 4.79 Å². The number of amides is 3. The van der Waals surface area contributed by atoms with Crippen LogP contribution in [0.2, 0.25) is 0 Å². The van der Waals surface area contributed by atoms with Gasteiger partial charge in [0.1, 0.15) is 23.6 Å². The van der Waals surface area contributed by atoms with E-state index in [-0.39, 0.29) is 43.0 Å². The van der Waals surface area contributed by atoms with E-state index < -0.39 is 30.1 Å². The number of aliphatic hydroxyl groups is 2. The molecule has 3 amide bonds. The molecule has 0 bridgehead atoms. The van der Waals surface area contributed by atoms with Crippen molar-refractivity contribution in [3.05, 3.63) is 53.5 Å². The summed E-state index contributed by atoms with van der Waals surface area (Å²) < 4.78 is 19.3. The Balaban J connectivity index is 1.87. The number of rotatable bonds is 5. The molecule has 0 fully saturated rings. The molecule has 1 aliphatic rings. The number of fused-ring (bicyclic) bond motifs is 1. The van der Waals surface area contributed by atoms with Crippen molar-refractivity contribution in [3.8, 4) is 17.7 Å². The fourth-order valence-corrected chi connectivity index (χ4v) is 3.68. The molecule has 0 spiro atoms. The predicted molar refractivity (Wildman–Crippen MR) is 132 cm³/mol. The van der Waals surface area contributed by atoms with E-state index in [1.807, 2.05) is 6.92 Å². The summed E-state index contributed by atoms with van der Waals surface area (Å²) in [5.74, 6) is 4.53. The third-order valence-electron chi connectivity index (χ3n) is 5.84. The van der Waals surface area contributed by atoms with E-state index in [1.54, 1.807) is 24.9 Å². The molecule has 0 radical (unpaired) electrons. The number of benzene rings is 1. The summed E-state index contributed by atoms with van der Waals surface area (Å²) in [6, 6.07) is 6.13. The highest BCUT2D eigenvalue weighted by atomic mass is 19.1. The number of pyridine rings is 1. The lowest BCUT2D eigenvalue weighted by Gasteiger charge is -2.37. The molecule has 2 aromatic rings. The molecule has 2 heterocycles. The van der Waals surface area contributed by atoms with E-state index >= 15 is 0 Å². The van der Waals surface area contributed by atoms with Gasteiger partial charge in [-0.15, -0.1) is 0 Å². The highest BCUT2D eigenvalue weighted by Gasteiger charge is 2.34. The fraction of sp³-hybridized carbons (Fsp3) is 0.423. The maximum absolute atomic E-state index is 13.4. The van der Waals surface area contributed by atoms with Gasteiger partial charge in [0, 0.05) is 37.0 Å². The van der Waals surface area contributed by atoms with E-state index in [1.165, 1.54) is 42.3 Å². The first kappa shape index (κ1) is 26.9. The summed E-state index contributed by atoms with van der Waals surface area (Å²) >= 11 is 0. The third-order valence-corrected chi connectivity index (χ3v) is 5.84. The molecule has 0 saturated heterocycles. The van der Waals surface area contributed by atoms with Crippen molar-refractivity contribution in [2.24, 2.45) is 5.92 Å². The lowest BCUT2D eigenvalue weighted by molar-refractivity contribution is 0.0356. The lowest BCUT2D eigenvalue weighted by Crippen LogP contribution is -2.50. The summed E-state index contributed by atoms with van der Waals surface area (Å²) in [5.41, 5.74) is 1.07. The Morgan fingerprint density at radius 1 is 1.36 bits per heavy atom. The molecule has 9 nitrogen and oxygen atoms in total. The Bertz CT molecular complexity index is 1150. The molecule has 3 rings (SSSR count). The van der Waals surface area contributed by atoms with Crippen LogP contribution in [-0.4, -0.2) is 81.9 Å². The first-order chi connectivity index (χ1) is 17.1. The van der Waals surface area contributed by atoms with Crippen LogP contribution in [0.1, 0.15) is 36.7 Å². The number of hydrogen-bond acceptors (Lipinski definition) is 6. The molecular formula is C26H31FN4O5. The van der Waals surface area contributed by atoms with Crippen LogP contribution >= 0.6 is 0 Å². The normalized spacial score (nSPS) is 19.0. The van der Waals surface area contributed by atoms with E-state index in [0.29, 0.717) is 11.3 Å². The van der Waals surface area contributed by atoms with Crippen molar-refractivity contribution < 1.29 is 28.9 Å². The number of hydrogen-bond donors (Lipinski definition) is 3. The van der Waals surface area contributed by atoms with Gasteiger partial charge in [-0.1, -0.05) is 18.8 Å². The Hall–Kier alpha value is -3.68. The van der Waals surface area contributed by atoms with Gasteiger partial charge in [0.2, 0.25) is 5.88 Å². The van der Waals surface area contributed by atoms with Gasteiger partial charge >= 0.3 is 6.03 Å². The summed E-state index contributed by atoms with van der Waals surface area (Å²) in [5, 5.41) is 21.9. The van der Waals surface area contributed by atoms with Crippen LogP contribution in [0.4, 0.5) is 14.9 Å². The molecule has 36 heavy (non-hydrogen) atoms. The van der Waals surface area contributed by atoms with Crippen molar-refractivity contribution in [2.45, 2.75) is 39.0 Å². The minimum atomic E-state index is -0.841. The highest BCUT2D eigenvalue weighted by Crippen LogP contribution is 2.27. The van der Waals surface area contributed by atoms with Crippen LogP contribution < -0.4 is 10.1 Å². The van der Waals surface area contributed by atoms with Gasteiger partial charge in [0.25, 0.3) is 5.91 Å². The van der Waals surface area contributed by atoms with E-state index in [2.05, 4.69) is 22.1 Å². The molecule has 0 unspecified atom stereocenters. The summed E-state index contributed by atoms with van der Waals surface area (Å²) in [6.07, 6.45) is 0.0816. The third kappa shape index (κ3) is 6.71. The zero-order chi connectivity index (χ0) is 26.4. The Morgan fingerprint density at radius 3 is 2.69 bits per heavy atom. The predicted octanol–water partition coefficient (Wildman–Crippen LogP) is 2.34. The van der Waals surface area contributed by atoms with Gasteiger partial charge in [0.05, 0.1) is 19.2 Å². The van der Waals surface area contributed by atoms with Crippen molar-refractivity contribution >= 4 is 17.6 Å². The fourth-order valence-electron chi connectivity index (χ4n) is 3.68. The number of anilines is 1. The lowest BCUT2D eigenvalue weighted by atomic mass is 10.00. The van der Waals surface area contributed by atoms with Crippen LogP contribution in [0.25, 0.3) is 0 Å². The first-order valence-electron chi connectivity index (χ1n) is 11.6. The molecule has 4 atom stereocenters. The zero-order valence-corrected chi connectivity index (χ0v) is 20.7. The molecule has 0 aliphatic carbocycles. The molecule has 3 N–H and O–H groups in total. The van der Waals surface area contributed by atoms with Crippen molar-refractivity contribution in [1.82, 2.24) is 14.8 Å². The minimum Gasteiger partial charge on any atom is -0.472 e.